The Hall–Kier alpha value is -0.970. The maximum atomic E-state index is 11.5. The minimum absolute atomic E-state index is 0.0883. The van der Waals surface area contributed by atoms with Crippen LogP contribution in [0.15, 0.2) is 18.2 Å². The number of hydrogen-bond donors (Lipinski definition) is 2. The Morgan fingerprint density at radius 1 is 1.44 bits per heavy atom. The molecule has 2 N–H and O–H groups in total. The van der Waals surface area contributed by atoms with Gasteiger partial charge < -0.3 is 15.2 Å². The molecule has 4 nitrogen and oxygen atoms in total. The molecule has 0 aliphatic heterocycles. The fraction of sp³-hybridized carbons (Fsp3) is 0.417. The molecule has 1 atom stereocenters. The van der Waals surface area contributed by atoms with Gasteiger partial charge in [-0.25, -0.2) is 0 Å². The molecule has 0 aliphatic carbocycles. The summed E-state index contributed by atoms with van der Waals surface area (Å²) in [6.45, 7) is 1.66. The molecular formula is C12H15Cl2NO3. The number of benzene rings is 1. The van der Waals surface area contributed by atoms with Crippen LogP contribution in [-0.2, 0) is 4.79 Å². The highest BCUT2D eigenvalue weighted by Crippen LogP contribution is 2.26. The van der Waals surface area contributed by atoms with Crippen LogP contribution in [0.1, 0.15) is 13.3 Å². The second-order valence-electron chi connectivity index (χ2n) is 3.72. The molecule has 1 amide bonds. The van der Waals surface area contributed by atoms with E-state index in [0.717, 1.165) is 0 Å². The molecule has 1 rings (SSSR count). The molecule has 0 saturated carbocycles. The summed E-state index contributed by atoms with van der Waals surface area (Å²) in [7, 11) is 0. The lowest BCUT2D eigenvalue weighted by Crippen LogP contribution is -2.39. The molecule has 0 aliphatic rings. The fourth-order valence-corrected chi connectivity index (χ4v) is 1.55. The van der Waals surface area contributed by atoms with Crippen LogP contribution in [0.4, 0.5) is 0 Å². The van der Waals surface area contributed by atoms with Crippen LogP contribution in [0.5, 0.6) is 5.75 Å². The van der Waals surface area contributed by atoms with Crippen molar-refractivity contribution in [1.29, 1.82) is 0 Å². The summed E-state index contributed by atoms with van der Waals surface area (Å²) < 4.78 is 5.26. The largest absolute Gasteiger partial charge is 0.484 e. The van der Waals surface area contributed by atoms with E-state index in [0.29, 0.717) is 22.2 Å². The highest BCUT2D eigenvalue weighted by atomic mass is 35.5. The highest BCUT2D eigenvalue weighted by molar-refractivity contribution is 6.42. The van der Waals surface area contributed by atoms with E-state index in [1.807, 2.05) is 6.92 Å². The van der Waals surface area contributed by atoms with E-state index in [9.17, 15) is 4.79 Å². The van der Waals surface area contributed by atoms with Crippen molar-refractivity contribution in [3.63, 3.8) is 0 Å². The molecule has 0 heterocycles. The van der Waals surface area contributed by atoms with Gasteiger partial charge in [-0.2, -0.15) is 0 Å². The van der Waals surface area contributed by atoms with Gasteiger partial charge in [0.2, 0.25) is 0 Å². The van der Waals surface area contributed by atoms with Crippen LogP contribution >= 0.6 is 23.2 Å². The van der Waals surface area contributed by atoms with Gasteiger partial charge in [0.05, 0.1) is 22.7 Å². The molecule has 1 aromatic rings. The minimum Gasteiger partial charge on any atom is -0.484 e. The Balaban J connectivity index is 2.44. The van der Waals surface area contributed by atoms with Crippen molar-refractivity contribution in [3.05, 3.63) is 28.2 Å². The normalized spacial score (nSPS) is 12.0. The van der Waals surface area contributed by atoms with Crippen LogP contribution in [0.2, 0.25) is 10.0 Å². The van der Waals surface area contributed by atoms with E-state index in [1.165, 1.54) is 0 Å². The number of ether oxygens (including phenoxy) is 1. The Labute approximate surface area is 116 Å². The molecule has 100 valence electrons. The third-order valence-corrected chi connectivity index (χ3v) is 3.08. The summed E-state index contributed by atoms with van der Waals surface area (Å²) in [6, 6.07) is 4.53. The van der Waals surface area contributed by atoms with Gasteiger partial charge in [0.1, 0.15) is 5.75 Å². The van der Waals surface area contributed by atoms with E-state index in [-0.39, 0.29) is 25.2 Å². The number of halogens is 2. The van der Waals surface area contributed by atoms with E-state index in [2.05, 4.69) is 5.32 Å². The SMILES string of the molecule is CCC(CO)NC(=O)COc1ccc(Cl)c(Cl)c1. The molecule has 0 saturated heterocycles. The number of nitrogens with one attached hydrogen (secondary N) is 1. The van der Waals surface area contributed by atoms with E-state index < -0.39 is 0 Å². The summed E-state index contributed by atoms with van der Waals surface area (Å²) in [5, 5.41) is 12.4. The summed E-state index contributed by atoms with van der Waals surface area (Å²) in [5.74, 6) is 0.179. The van der Waals surface area contributed by atoms with Crippen LogP contribution in [0.25, 0.3) is 0 Å². The predicted octanol–water partition coefficient (Wildman–Crippen LogP) is 2.26. The third kappa shape index (κ3) is 4.72. The molecule has 1 aromatic carbocycles. The molecule has 0 aromatic heterocycles. The lowest BCUT2D eigenvalue weighted by atomic mass is 10.2. The van der Waals surface area contributed by atoms with Crippen molar-refractivity contribution in [2.45, 2.75) is 19.4 Å². The number of amides is 1. The monoisotopic (exact) mass is 291 g/mol. The standard InChI is InChI=1S/C12H15Cl2NO3/c1-2-8(6-16)15-12(17)7-18-9-3-4-10(13)11(14)5-9/h3-5,8,16H,2,6-7H2,1H3,(H,15,17). The van der Waals surface area contributed by atoms with Gasteiger partial charge >= 0.3 is 0 Å². The molecule has 6 heteroatoms. The van der Waals surface area contributed by atoms with Crippen molar-refractivity contribution in [2.24, 2.45) is 0 Å². The number of aliphatic hydroxyl groups is 1. The van der Waals surface area contributed by atoms with Gasteiger partial charge in [-0.1, -0.05) is 30.1 Å². The first-order valence-electron chi connectivity index (χ1n) is 5.54. The molecular weight excluding hydrogens is 277 g/mol. The zero-order valence-electron chi connectivity index (χ0n) is 9.95. The first kappa shape index (κ1) is 15.1. The van der Waals surface area contributed by atoms with Gasteiger partial charge in [-0.3, -0.25) is 4.79 Å². The summed E-state index contributed by atoms with van der Waals surface area (Å²) in [4.78, 5) is 11.5. The van der Waals surface area contributed by atoms with Crippen LogP contribution < -0.4 is 10.1 Å². The molecule has 18 heavy (non-hydrogen) atoms. The average molecular weight is 292 g/mol. The first-order valence-corrected chi connectivity index (χ1v) is 6.30. The van der Waals surface area contributed by atoms with Crippen LogP contribution in [-0.4, -0.2) is 30.3 Å². The Morgan fingerprint density at radius 3 is 2.72 bits per heavy atom. The summed E-state index contributed by atoms with van der Waals surface area (Å²) >= 11 is 11.6. The maximum absolute atomic E-state index is 11.5. The molecule has 0 fully saturated rings. The van der Waals surface area contributed by atoms with Crippen molar-refractivity contribution >= 4 is 29.1 Å². The number of aliphatic hydroxyl groups excluding tert-OH is 1. The Bertz CT molecular complexity index is 408. The van der Waals surface area contributed by atoms with Crippen LogP contribution in [0.3, 0.4) is 0 Å². The second kappa shape index (κ2) is 7.46. The lowest BCUT2D eigenvalue weighted by molar-refractivity contribution is -0.124. The van der Waals surface area contributed by atoms with Gasteiger partial charge in [-0.05, 0) is 18.6 Å². The predicted molar refractivity (Wildman–Crippen MR) is 71.3 cm³/mol. The zero-order valence-corrected chi connectivity index (χ0v) is 11.5. The van der Waals surface area contributed by atoms with Crippen molar-refractivity contribution in [3.8, 4) is 5.75 Å². The van der Waals surface area contributed by atoms with Crippen molar-refractivity contribution in [1.82, 2.24) is 5.32 Å². The second-order valence-corrected chi connectivity index (χ2v) is 4.53. The summed E-state index contributed by atoms with van der Waals surface area (Å²) in [5.41, 5.74) is 0. The molecule has 0 radical (unpaired) electrons. The quantitative estimate of drug-likeness (QED) is 0.845. The Morgan fingerprint density at radius 2 is 2.17 bits per heavy atom. The third-order valence-electron chi connectivity index (χ3n) is 2.34. The van der Waals surface area contributed by atoms with E-state index in [1.54, 1.807) is 18.2 Å². The molecule has 0 spiro atoms. The number of carbonyl (C=O) groups excluding carboxylic acids is 1. The van der Waals surface area contributed by atoms with E-state index >= 15 is 0 Å². The minimum atomic E-state index is -0.290. The van der Waals surface area contributed by atoms with Gasteiger partial charge in [0.25, 0.3) is 5.91 Å². The highest BCUT2D eigenvalue weighted by Gasteiger charge is 2.10. The first-order chi connectivity index (χ1) is 8.56. The number of rotatable bonds is 6. The summed E-state index contributed by atoms with van der Waals surface area (Å²) in [6.07, 6.45) is 0.662. The molecule has 1 unspecified atom stereocenters. The van der Waals surface area contributed by atoms with Gasteiger partial charge in [0.15, 0.2) is 6.61 Å². The Kier molecular flexibility index (Phi) is 6.25. The lowest BCUT2D eigenvalue weighted by Gasteiger charge is -2.14. The smallest absolute Gasteiger partial charge is 0.258 e. The van der Waals surface area contributed by atoms with Crippen LogP contribution in [0, 0.1) is 0 Å². The van der Waals surface area contributed by atoms with E-state index in [4.69, 9.17) is 33.0 Å². The van der Waals surface area contributed by atoms with Crippen molar-refractivity contribution < 1.29 is 14.6 Å². The maximum Gasteiger partial charge on any atom is 0.258 e. The topological polar surface area (TPSA) is 58.6 Å². The van der Waals surface area contributed by atoms with Gasteiger partial charge in [-0.15, -0.1) is 0 Å². The van der Waals surface area contributed by atoms with Crippen molar-refractivity contribution in [2.75, 3.05) is 13.2 Å². The molecule has 0 bridgehead atoms. The number of carbonyl (C=O) groups is 1. The average Bonchev–Trinajstić information content (AvgIpc) is 2.37. The fourth-order valence-electron chi connectivity index (χ4n) is 1.26. The van der Waals surface area contributed by atoms with Gasteiger partial charge in [0, 0.05) is 6.07 Å². The number of hydrogen-bond acceptors (Lipinski definition) is 3. The zero-order chi connectivity index (χ0) is 13.5.